The molecule has 1 aliphatic rings. The van der Waals surface area contributed by atoms with Crippen molar-refractivity contribution >= 4 is 5.82 Å². The molecular formula is C15H18F2N4O. The first-order valence-corrected chi connectivity index (χ1v) is 7.22. The summed E-state index contributed by atoms with van der Waals surface area (Å²) >= 11 is 0. The molecule has 1 atom stereocenters. The minimum Gasteiger partial charge on any atom is -0.396 e. The standard InChI is InChI=1S/C15H18F2N4O/c1-11-7-18-21(8-11)14-4-2-3-13(19-14)20-6-5-15(16,17)12(9-20)10-22/h2-4,7-8,12,22H,5-6,9-10H2,1H3. The lowest BCUT2D eigenvalue weighted by Gasteiger charge is -2.38. The van der Waals surface area contributed by atoms with Crippen LogP contribution in [0.1, 0.15) is 12.0 Å². The Morgan fingerprint density at radius 2 is 2.14 bits per heavy atom. The van der Waals surface area contributed by atoms with E-state index in [1.807, 2.05) is 25.3 Å². The number of anilines is 1. The first-order valence-electron chi connectivity index (χ1n) is 7.22. The lowest BCUT2D eigenvalue weighted by Crippen LogP contribution is -2.49. The van der Waals surface area contributed by atoms with E-state index in [1.54, 1.807) is 21.8 Å². The Hall–Kier alpha value is -2.02. The maximum atomic E-state index is 13.7. The van der Waals surface area contributed by atoms with Gasteiger partial charge in [-0.25, -0.2) is 18.4 Å². The van der Waals surface area contributed by atoms with Crippen LogP contribution >= 0.6 is 0 Å². The van der Waals surface area contributed by atoms with E-state index in [0.29, 0.717) is 11.6 Å². The van der Waals surface area contributed by atoms with Crippen molar-refractivity contribution in [2.45, 2.75) is 19.3 Å². The summed E-state index contributed by atoms with van der Waals surface area (Å²) < 4.78 is 29.0. The van der Waals surface area contributed by atoms with Crippen LogP contribution < -0.4 is 4.90 Å². The molecule has 5 nitrogen and oxygen atoms in total. The topological polar surface area (TPSA) is 54.2 Å². The van der Waals surface area contributed by atoms with Crippen LogP contribution in [-0.4, -0.2) is 45.5 Å². The molecule has 1 N–H and O–H groups in total. The maximum Gasteiger partial charge on any atom is 0.256 e. The lowest BCUT2D eigenvalue weighted by atomic mass is 9.94. The zero-order valence-electron chi connectivity index (χ0n) is 12.3. The highest BCUT2D eigenvalue weighted by molar-refractivity contribution is 5.43. The second-order valence-corrected chi connectivity index (χ2v) is 5.65. The Kier molecular flexibility index (Phi) is 3.82. The molecule has 1 saturated heterocycles. The van der Waals surface area contributed by atoms with Crippen molar-refractivity contribution in [3.8, 4) is 5.82 Å². The lowest BCUT2D eigenvalue weighted by molar-refractivity contribution is -0.0880. The SMILES string of the molecule is Cc1cnn(-c2cccc(N3CCC(F)(F)C(CO)C3)n2)c1. The van der Waals surface area contributed by atoms with Crippen LogP contribution in [0.3, 0.4) is 0 Å². The zero-order valence-corrected chi connectivity index (χ0v) is 12.3. The molecule has 0 spiro atoms. The van der Waals surface area contributed by atoms with Gasteiger partial charge in [-0.3, -0.25) is 0 Å². The monoisotopic (exact) mass is 308 g/mol. The highest BCUT2D eigenvalue weighted by Crippen LogP contribution is 2.34. The predicted molar refractivity (Wildman–Crippen MR) is 78.4 cm³/mol. The summed E-state index contributed by atoms with van der Waals surface area (Å²) in [4.78, 5) is 6.29. The average molecular weight is 308 g/mol. The quantitative estimate of drug-likeness (QED) is 0.942. The first-order chi connectivity index (χ1) is 10.5. The Morgan fingerprint density at radius 3 is 2.82 bits per heavy atom. The summed E-state index contributed by atoms with van der Waals surface area (Å²) in [6.45, 7) is 1.73. The molecule has 2 aromatic heterocycles. The number of piperidine rings is 1. The van der Waals surface area contributed by atoms with Gasteiger partial charge in [0.05, 0.1) is 18.7 Å². The van der Waals surface area contributed by atoms with Crippen molar-refractivity contribution in [1.29, 1.82) is 0 Å². The van der Waals surface area contributed by atoms with Crippen LogP contribution in [0.2, 0.25) is 0 Å². The van der Waals surface area contributed by atoms with Crippen LogP contribution in [0.5, 0.6) is 0 Å². The molecule has 0 aliphatic carbocycles. The molecule has 2 aromatic rings. The Labute approximate surface area is 127 Å². The minimum atomic E-state index is -2.82. The van der Waals surface area contributed by atoms with E-state index in [4.69, 9.17) is 0 Å². The predicted octanol–water partition coefficient (Wildman–Crippen LogP) is 2.03. The van der Waals surface area contributed by atoms with E-state index in [0.717, 1.165) is 5.56 Å². The van der Waals surface area contributed by atoms with E-state index in [-0.39, 0.29) is 19.5 Å². The molecule has 7 heteroatoms. The molecule has 0 bridgehead atoms. The minimum absolute atomic E-state index is 0.0953. The third-order valence-corrected chi connectivity index (χ3v) is 3.96. The summed E-state index contributed by atoms with van der Waals surface area (Å²) in [5.74, 6) is -2.61. The number of aromatic nitrogens is 3. The summed E-state index contributed by atoms with van der Waals surface area (Å²) in [5, 5.41) is 13.4. The number of halogens is 2. The zero-order chi connectivity index (χ0) is 15.7. The number of aliphatic hydroxyl groups is 1. The molecule has 1 aliphatic heterocycles. The van der Waals surface area contributed by atoms with Crippen molar-refractivity contribution < 1.29 is 13.9 Å². The van der Waals surface area contributed by atoms with Gasteiger partial charge in [0.25, 0.3) is 5.92 Å². The fourth-order valence-corrected chi connectivity index (χ4v) is 2.63. The maximum absolute atomic E-state index is 13.7. The Balaban J connectivity index is 1.84. The van der Waals surface area contributed by atoms with Gasteiger partial charge in [-0.1, -0.05) is 6.07 Å². The fourth-order valence-electron chi connectivity index (χ4n) is 2.63. The molecule has 0 saturated carbocycles. The molecule has 1 fully saturated rings. The van der Waals surface area contributed by atoms with Gasteiger partial charge in [-0.15, -0.1) is 0 Å². The number of aryl methyl sites for hydroxylation is 1. The molecule has 0 radical (unpaired) electrons. The van der Waals surface area contributed by atoms with E-state index in [2.05, 4.69) is 10.1 Å². The summed E-state index contributed by atoms with van der Waals surface area (Å²) in [6.07, 6.45) is 3.32. The molecule has 3 rings (SSSR count). The van der Waals surface area contributed by atoms with Crippen molar-refractivity contribution in [1.82, 2.24) is 14.8 Å². The average Bonchev–Trinajstić information content (AvgIpc) is 2.94. The van der Waals surface area contributed by atoms with Gasteiger partial charge in [-0.05, 0) is 24.6 Å². The van der Waals surface area contributed by atoms with Gasteiger partial charge in [0, 0.05) is 25.7 Å². The van der Waals surface area contributed by atoms with E-state index in [9.17, 15) is 13.9 Å². The number of alkyl halides is 2. The largest absolute Gasteiger partial charge is 0.396 e. The summed E-state index contributed by atoms with van der Waals surface area (Å²) in [6, 6.07) is 5.44. The second kappa shape index (κ2) is 5.64. The van der Waals surface area contributed by atoms with E-state index in [1.165, 1.54) is 0 Å². The number of rotatable bonds is 3. The molecule has 1 unspecified atom stereocenters. The number of pyridine rings is 1. The molecular weight excluding hydrogens is 290 g/mol. The van der Waals surface area contributed by atoms with Gasteiger partial charge in [-0.2, -0.15) is 5.10 Å². The van der Waals surface area contributed by atoms with Crippen LogP contribution in [-0.2, 0) is 0 Å². The number of aliphatic hydroxyl groups excluding tert-OH is 1. The number of nitrogens with zero attached hydrogens (tertiary/aromatic N) is 4. The molecule has 118 valence electrons. The third-order valence-electron chi connectivity index (χ3n) is 3.96. The molecule has 22 heavy (non-hydrogen) atoms. The molecule has 3 heterocycles. The Bertz CT molecular complexity index is 658. The van der Waals surface area contributed by atoms with Crippen LogP contribution in [0.15, 0.2) is 30.6 Å². The van der Waals surface area contributed by atoms with Crippen molar-refractivity contribution in [3.63, 3.8) is 0 Å². The Morgan fingerprint density at radius 1 is 1.36 bits per heavy atom. The van der Waals surface area contributed by atoms with Gasteiger partial charge in [0.2, 0.25) is 0 Å². The summed E-state index contributed by atoms with van der Waals surface area (Å²) in [5.41, 5.74) is 1.02. The first kappa shape index (κ1) is 14.9. The van der Waals surface area contributed by atoms with Crippen LogP contribution in [0, 0.1) is 12.8 Å². The van der Waals surface area contributed by atoms with Crippen molar-refractivity contribution in [3.05, 3.63) is 36.2 Å². The van der Waals surface area contributed by atoms with Gasteiger partial charge < -0.3 is 10.0 Å². The van der Waals surface area contributed by atoms with Gasteiger partial charge >= 0.3 is 0 Å². The van der Waals surface area contributed by atoms with Crippen LogP contribution in [0.25, 0.3) is 5.82 Å². The summed E-state index contributed by atoms with van der Waals surface area (Å²) in [7, 11) is 0. The molecule has 0 amide bonds. The number of hydrogen-bond acceptors (Lipinski definition) is 4. The highest BCUT2D eigenvalue weighted by Gasteiger charge is 2.43. The van der Waals surface area contributed by atoms with E-state index >= 15 is 0 Å². The van der Waals surface area contributed by atoms with Crippen molar-refractivity contribution in [2.24, 2.45) is 5.92 Å². The molecule has 0 aromatic carbocycles. The van der Waals surface area contributed by atoms with Crippen LogP contribution in [0.4, 0.5) is 14.6 Å². The fraction of sp³-hybridized carbons (Fsp3) is 0.467. The van der Waals surface area contributed by atoms with Gasteiger partial charge in [0.1, 0.15) is 5.82 Å². The normalized spacial score (nSPS) is 21.1. The smallest absolute Gasteiger partial charge is 0.256 e. The third kappa shape index (κ3) is 2.81. The van der Waals surface area contributed by atoms with Crippen molar-refractivity contribution in [2.75, 3.05) is 24.6 Å². The van der Waals surface area contributed by atoms with E-state index < -0.39 is 18.4 Å². The highest BCUT2D eigenvalue weighted by atomic mass is 19.3. The second-order valence-electron chi connectivity index (χ2n) is 5.65. The number of hydrogen-bond donors (Lipinski definition) is 1. The van der Waals surface area contributed by atoms with Gasteiger partial charge in [0.15, 0.2) is 5.82 Å².